The molecule has 0 saturated carbocycles. The molecule has 0 atom stereocenters. The van der Waals surface area contributed by atoms with Gasteiger partial charge in [-0.25, -0.2) is 0 Å². The molecule has 0 aromatic heterocycles. The number of aryl methyl sites for hydroxylation is 1. The van der Waals surface area contributed by atoms with Crippen molar-refractivity contribution in [3.63, 3.8) is 0 Å². The van der Waals surface area contributed by atoms with Gasteiger partial charge >= 0.3 is 0 Å². The van der Waals surface area contributed by atoms with Crippen molar-refractivity contribution in [1.29, 1.82) is 0 Å². The monoisotopic (exact) mass is 375 g/mol. The zero-order valence-electron chi connectivity index (χ0n) is 13.2. The Kier molecular flexibility index (Phi) is 5.82. The van der Waals surface area contributed by atoms with Crippen molar-refractivity contribution in [2.45, 2.75) is 6.92 Å². The van der Waals surface area contributed by atoms with E-state index in [0.717, 1.165) is 21.3 Å². The van der Waals surface area contributed by atoms with Crippen LogP contribution in [0.25, 0.3) is 6.08 Å². The largest absolute Gasteiger partial charge is 0.497 e. The number of hydrogen-bond acceptors (Lipinski definition) is 3. The maximum atomic E-state index is 12.1. The number of methoxy groups -OCH3 is 2. The summed E-state index contributed by atoms with van der Waals surface area (Å²) in [4.78, 5) is 12.1. The number of ether oxygens (including phenoxy) is 2. The molecule has 2 aromatic rings. The van der Waals surface area contributed by atoms with E-state index in [1.807, 2.05) is 37.3 Å². The molecule has 0 unspecified atom stereocenters. The normalized spacial score (nSPS) is 10.6. The van der Waals surface area contributed by atoms with E-state index in [9.17, 15) is 4.79 Å². The smallest absolute Gasteiger partial charge is 0.248 e. The van der Waals surface area contributed by atoms with Gasteiger partial charge < -0.3 is 14.8 Å². The van der Waals surface area contributed by atoms with Crippen LogP contribution in [-0.2, 0) is 4.79 Å². The fraction of sp³-hybridized carbons (Fsp3) is 0.167. The number of hydrogen-bond donors (Lipinski definition) is 1. The van der Waals surface area contributed by atoms with E-state index in [-0.39, 0.29) is 5.91 Å². The number of carbonyl (C=O) groups excluding carboxylic acids is 1. The lowest BCUT2D eigenvalue weighted by molar-refractivity contribution is -0.111. The van der Waals surface area contributed by atoms with Gasteiger partial charge in [-0.05, 0) is 64.3 Å². The van der Waals surface area contributed by atoms with Crippen LogP contribution in [0.15, 0.2) is 46.9 Å². The van der Waals surface area contributed by atoms with Crippen LogP contribution < -0.4 is 14.8 Å². The molecule has 1 amide bonds. The fourth-order valence-electron chi connectivity index (χ4n) is 1.99. The summed E-state index contributed by atoms with van der Waals surface area (Å²) >= 11 is 3.44. The molecule has 2 aromatic carbocycles. The summed E-state index contributed by atoms with van der Waals surface area (Å²) in [5.74, 6) is 1.13. The number of carbonyl (C=O) groups is 1. The molecule has 4 nitrogen and oxygen atoms in total. The molecule has 0 bridgehead atoms. The molecular weight excluding hydrogens is 358 g/mol. The van der Waals surface area contributed by atoms with Crippen molar-refractivity contribution in [3.05, 3.63) is 58.1 Å². The summed E-state index contributed by atoms with van der Waals surface area (Å²) in [6, 6.07) is 11.2. The Morgan fingerprint density at radius 2 is 1.74 bits per heavy atom. The molecule has 0 fully saturated rings. The third-order valence-corrected chi connectivity index (χ3v) is 3.84. The highest BCUT2D eigenvalue weighted by Gasteiger charge is 2.04. The lowest BCUT2D eigenvalue weighted by Crippen LogP contribution is -2.08. The summed E-state index contributed by atoms with van der Waals surface area (Å²) in [6.45, 7) is 1.99. The lowest BCUT2D eigenvalue weighted by atomic mass is 10.2. The van der Waals surface area contributed by atoms with E-state index in [4.69, 9.17) is 9.47 Å². The SMILES string of the molecule is COc1cc(/C=C/C(=O)Nc2ccc(C)cc2Br)cc(OC)c1. The van der Waals surface area contributed by atoms with Crippen molar-refractivity contribution in [3.8, 4) is 11.5 Å². The molecule has 0 heterocycles. The second-order valence-corrected chi connectivity index (χ2v) is 5.81. The molecule has 2 rings (SSSR count). The Balaban J connectivity index is 2.11. The van der Waals surface area contributed by atoms with Gasteiger partial charge in [-0.15, -0.1) is 0 Å². The maximum absolute atomic E-state index is 12.1. The van der Waals surface area contributed by atoms with E-state index >= 15 is 0 Å². The summed E-state index contributed by atoms with van der Waals surface area (Å²) in [5, 5.41) is 2.83. The minimum Gasteiger partial charge on any atom is -0.497 e. The summed E-state index contributed by atoms with van der Waals surface area (Å²) in [7, 11) is 3.17. The minimum absolute atomic E-state index is 0.212. The molecule has 0 spiro atoms. The van der Waals surface area contributed by atoms with Crippen LogP contribution in [0.5, 0.6) is 11.5 Å². The number of nitrogens with one attached hydrogen (secondary N) is 1. The van der Waals surface area contributed by atoms with Crippen molar-refractivity contribution < 1.29 is 14.3 Å². The standard InChI is InChI=1S/C18H18BrNO3/c1-12-4-6-17(16(19)8-12)20-18(21)7-5-13-9-14(22-2)11-15(10-13)23-3/h4-11H,1-3H3,(H,20,21)/b7-5+. The maximum Gasteiger partial charge on any atom is 0.248 e. The molecule has 120 valence electrons. The van der Waals surface area contributed by atoms with E-state index in [1.165, 1.54) is 6.08 Å². The van der Waals surface area contributed by atoms with Crippen LogP contribution >= 0.6 is 15.9 Å². The average Bonchev–Trinajstić information content (AvgIpc) is 2.55. The quantitative estimate of drug-likeness (QED) is 0.786. The number of anilines is 1. The highest BCUT2D eigenvalue weighted by molar-refractivity contribution is 9.10. The highest BCUT2D eigenvalue weighted by atomic mass is 79.9. The predicted molar refractivity (Wildman–Crippen MR) is 96.1 cm³/mol. The fourth-order valence-corrected chi connectivity index (χ4v) is 2.59. The van der Waals surface area contributed by atoms with E-state index < -0.39 is 0 Å². The Labute approximate surface area is 144 Å². The zero-order valence-corrected chi connectivity index (χ0v) is 14.8. The van der Waals surface area contributed by atoms with Gasteiger partial charge in [0.25, 0.3) is 0 Å². The van der Waals surface area contributed by atoms with Crippen molar-refractivity contribution >= 4 is 33.6 Å². The number of benzene rings is 2. The molecule has 1 N–H and O–H groups in total. The van der Waals surface area contributed by atoms with Crippen LogP contribution in [0.2, 0.25) is 0 Å². The van der Waals surface area contributed by atoms with Gasteiger partial charge in [0.05, 0.1) is 19.9 Å². The van der Waals surface area contributed by atoms with Crippen LogP contribution in [0, 0.1) is 6.92 Å². The highest BCUT2D eigenvalue weighted by Crippen LogP contribution is 2.24. The minimum atomic E-state index is -0.212. The molecule has 5 heteroatoms. The third-order valence-electron chi connectivity index (χ3n) is 3.18. The topological polar surface area (TPSA) is 47.6 Å². The van der Waals surface area contributed by atoms with Gasteiger partial charge in [-0.3, -0.25) is 4.79 Å². The van der Waals surface area contributed by atoms with Gasteiger partial charge in [-0.1, -0.05) is 6.07 Å². The second kappa shape index (κ2) is 7.83. The number of halogens is 1. The molecule has 0 aliphatic heterocycles. The summed E-state index contributed by atoms with van der Waals surface area (Å²) in [6.07, 6.45) is 3.18. The molecule has 0 aliphatic carbocycles. The molecule has 23 heavy (non-hydrogen) atoms. The van der Waals surface area contributed by atoms with E-state index in [1.54, 1.807) is 26.4 Å². The van der Waals surface area contributed by atoms with E-state index in [2.05, 4.69) is 21.2 Å². The van der Waals surface area contributed by atoms with Gasteiger partial charge in [0, 0.05) is 16.6 Å². The number of amides is 1. The Morgan fingerprint density at radius 3 is 2.30 bits per heavy atom. The summed E-state index contributed by atoms with van der Waals surface area (Å²) in [5.41, 5.74) is 2.67. The van der Waals surface area contributed by atoms with Gasteiger partial charge in [0.1, 0.15) is 11.5 Å². The van der Waals surface area contributed by atoms with E-state index in [0.29, 0.717) is 11.5 Å². The molecule has 0 aliphatic rings. The van der Waals surface area contributed by atoms with Gasteiger partial charge in [0.15, 0.2) is 0 Å². The molecular formula is C18H18BrNO3. The first-order chi connectivity index (χ1) is 11.0. The summed E-state index contributed by atoms with van der Waals surface area (Å²) < 4.78 is 11.3. The van der Waals surface area contributed by atoms with Gasteiger partial charge in [0.2, 0.25) is 5.91 Å². The first-order valence-corrected chi connectivity index (χ1v) is 7.79. The van der Waals surface area contributed by atoms with Crippen LogP contribution in [-0.4, -0.2) is 20.1 Å². The first kappa shape index (κ1) is 17.1. The molecule has 0 radical (unpaired) electrons. The van der Waals surface area contributed by atoms with Crippen molar-refractivity contribution in [2.24, 2.45) is 0 Å². The Bertz CT molecular complexity index is 719. The zero-order chi connectivity index (χ0) is 16.8. The second-order valence-electron chi connectivity index (χ2n) is 4.95. The van der Waals surface area contributed by atoms with Crippen molar-refractivity contribution in [1.82, 2.24) is 0 Å². The van der Waals surface area contributed by atoms with Gasteiger partial charge in [-0.2, -0.15) is 0 Å². The average molecular weight is 376 g/mol. The Hall–Kier alpha value is -2.27. The Morgan fingerprint density at radius 1 is 1.09 bits per heavy atom. The van der Waals surface area contributed by atoms with Crippen LogP contribution in [0.4, 0.5) is 5.69 Å². The first-order valence-electron chi connectivity index (χ1n) is 7.00. The predicted octanol–water partition coefficient (Wildman–Crippen LogP) is 4.43. The lowest BCUT2D eigenvalue weighted by Gasteiger charge is -2.07. The number of rotatable bonds is 5. The van der Waals surface area contributed by atoms with Crippen molar-refractivity contribution in [2.75, 3.05) is 19.5 Å². The third kappa shape index (κ3) is 4.86. The molecule has 0 saturated heterocycles. The van der Waals surface area contributed by atoms with Crippen LogP contribution in [0.1, 0.15) is 11.1 Å². The van der Waals surface area contributed by atoms with Crippen LogP contribution in [0.3, 0.4) is 0 Å².